The fraction of sp³-hybridized carbons (Fsp3) is 0.188. The van der Waals surface area contributed by atoms with Crippen molar-refractivity contribution in [3.63, 3.8) is 0 Å². The summed E-state index contributed by atoms with van der Waals surface area (Å²) < 4.78 is 5.12. The Hall–Kier alpha value is -2.69. The number of hydrazone groups is 1. The molecule has 1 aliphatic rings. The van der Waals surface area contributed by atoms with E-state index in [1.807, 2.05) is 43.3 Å². The highest BCUT2D eigenvalue weighted by Gasteiger charge is 2.33. The topological polar surface area (TPSA) is 54.8 Å². The molecule has 1 amide bonds. The van der Waals surface area contributed by atoms with Crippen LogP contribution in [0.25, 0.3) is 0 Å². The van der Waals surface area contributed by atoms with Gasteiger partial charge in [0.25, 0.3) is 5.91 Å². The quantitative estimate of drug-likeness (QED) is 0.868. The molecule has 0 saturated carbocycles. The number of hydrogen-bond acceptors (Lipinski definition) is 4. The summed E-state index contributed by atoms with van der Waals surface area (Å²) in [6.07, 6.45) is 3.42. The molecule has 0 spiro atoms. The minimum Gasteiger partial charge on any atom is -0.497 e. The maximum absolute atomic E-state index is 12.4. The van der Waals surface area contributed by atoms with Crippen LogP contribution >= 0.6 is 0 Å². The van der Waals surface area contributed by atoms with Crippen molar-refractivity contribution in [1.29, 1.82) is 0 Å². The van der Waals surface area contributed by atoms with Crippen LogP contribution in [0.3, 0.4) is 0 Å². The fourth-order valence-electron chi connectivity index (χ4n) is 2.27. The summed E-state index contributed by atoms with van der Waals surface area (Å²) in [6.45, 7) is 1.86. The summed E-state index contributed by atoms with van der Waals surface area (Å²) in [6, 6.07) is 11.0. The van der Waals surface area contributed by atoms with Gasteiger partial charge in [-0.15, -0.1) is 0 Å². The molecule has 1 aliphatic heterocycles. The van der Waals surface area contributed by atoms with Gasteiger partial charge in [-0.1, -0.05) is 0 Å². The third kappa shape index (κ3) is 2.38. The number of amides is 1. The molecule has 21 heavy (non-hydrogen) atoms. The molecule has 0 saturated heterocycles. The van der Waals surface area contributed by atoms with E-state index >= 15 is 0 Å². The standard InChI is InChI=1S/C16H15N3O2/c1-11-15(12-4-3-9-17-10-12)18-19(16(11)20)13-5-7-14(21-2)8-6-13/h3-11H,1-2H3. The van der Waals surface area contributed by atoms with Gasteiger partial charge >= 0.3 is 0 Å². The average Bonchev–Trinajstić information content (AvgIpc) is 2.84. The van der Waals surface area contributed by atoms with Gasteiger partial charge in [0.1, 0.15) is 5.75 Å². The summed E-state index contributed by atoms with van der Waals surface area (Å²) in [5, 5.41) is 5.90. The van der Waals surface area contributed by atoms with E-state index in [2.05, 4.69) is 10.1 Å². The van der Waals surface area contributed by atoms with Gasteiger partial charge < -0.3 is 4.74 Å². The summed E-state index contributed by atoms with van der Waals surface area (Å²) in [7, 11) is 1.61. The molecular weight excluding hydrogens is 266 g/mol. The summed E-state index contributed by atoms with van der Waals surface area (Å²) in [5.41, 5.74) is 2.34. The van der Waals surface area contributed by atoms with Gasteiger partial charge in [-0.3, -0.25) is 9.78 Å². The highest BCUT2D eigenvalue weighted by Crippen LogP contribution is 2.27. The maximum Gasteiger partial charge on any atom is 0.256 e. The van der Waals surface area contributed by atoms with Crippen molar-refractivity contribution in [1.82, 2.24) is 4.98 Å². The van der Waals surface area contributed by atoms with E-state index in [-0.39, 0.29) is 11.8 Å². The lowest BCUT2D eigenvalue weighted by Gasteiger charge is -2.12. The van der Waals surface area contributed by atoms with Crippen LogP contribution in [0.15, 0.2) is 53.9 Å². The van der Waals surface area contributed by atoms with Crippen molar-refractivity contribution in [2.75, 3.05) is 12.1 Å². The van der Waals surface area contributed by atoms with E-state index in [0.717, 1.165) is 22.7 Å². The molecule has 1 aromatic carbocycles. The van der Waals surface area contributed by atoms with Crippen molar-refractivity contribution >= 4 is 17.3 Å². The van der Waals surface area contributed by atoms with Crippen LogP contribution < -0.4 is 9.75 Å². The Morgan fingerprint density at radius 2 is 1.95 bits per heavy atom. The van der Waals surface area contributed by atoms with Gasteiger partial charge in [0.2, 0.25) is 0 Å². The van der Waals surface area contributed by atoms with Crippen molar-refractivity contribution in [2.24, 2.45) is 11.0 Å². The zero-order valence-electron chi connectivity index (χ0n) is 11.9. The lowest BCUT2D eigenvalue weighted by molar-refractivity contribution is -0.119. The highest BCUT2D eigenvalue weighted by molar-refractivity contribution is 6.21. The number of ether oxygens (including phenoxy) is 1. The number of nitrogens with zero attached hydrogens (tertiary/aromatic N) is 3. The van der Waals surface area contributed by atoms with Crippen LogP contribution in [0.2, 0.25) is 0 Å². The van der Waals surface area contributed by atoms with Crippen LogP contribution in [0, 0.1) is 5.92 Å². The number of carbonyl (C=O) groups excluding carboxylic acids is 1. The minimum absolute atomic E-state index is 0.0426. The Labute approximate surface area is 122 Å². The molecule has 2 aromatic rings. The van der Waals surface area contributed by atoms with E-state index in [1.54, 1.807) is 19.5 Å². The van der Waals surface area contributed by atoms with Gasteiger partial charge in [0.15, 0.2) is 0 Å². The molecule has 5 nitrogen and oxygen atoms in total. The zero-order valence-corrected chi connectivity index (χ0v) is 11.9. The van der Waals surface area contributed by atoms with Gasteiger partial charge in [-0.2, -0.15) is 10.1 Å². The molecule has 3 rings (SSSR count). The number of methoxy groups -OCH3 is 1. The Kier molecular flexibility index (Phi) is 3.39. The summed E-state index contributed by atoms with van der Waals surface area (Å²) >= 11 is 0. The van der Waals surface area contributed by atoms with Crippen LogP contribution in [0.5, 0.6) is 5.75 Å². The Balaban J connectivity index is 1.96. The SMILES string of the molecule is COc1ccc(N2N=C(c3cccnc3)C(C)C2=O)cc1. The monoisotopic (exact) mass is 281 g/mol. The van der Waals surface area contributed by atoms with Gasteiger partial charge in [0.05, 0.1) is 24.4 Å². The molecule has 0 fully saturated rings. The Bertz CT molecular complexity index is 680. The second-order valence-electron chi connectivity index (χ2n) is 4.80. The molecule has 5 heteroatoms. The smallest absolute Gasteiger partial charge is 0.256 e. The third-order valence-corrected chi connectivity index (χ3v) is 3.47. The molecule has 2 heterocycles. The normalized spacial score (nSPS) is 17.8. The van der Waals surface area contributed by atoms with Crippen molar-refractivity contribution in [3.05, 3.63) is 54.4 Å². The van der Waals surface area contributed by atoms with Crippen LogP contribution in [-0.4, -0.2) is 23.7 Å². The van der Waals surface area contributed by atoms with E-state index in [9.17, 15) is 4.79 Å². The molecular formula is C16H15N3O2. The molecule has 106 valence electrons. The average molecular weight is 281 g/mol. The second kappa shape index (κ2) is 5.36. The molecule has 0 radical (unpaired) electrons. The van der Waals surface area contributed by atoms with Crippen molar-refractivity contribution < 1.29 is 9.53 Å². The van der Waals surface area contributed by atoms with Crippen LogP contribution in [0.1, 0.15) is 12.5 Å². The predicted octanol–water partition coefficient (Wildman–Crippen LogP) is 2.48. The lowest BCUT2D eigenvalue weighted by Crippen LogP contribution is -2.25. The second-order valence-corrected chi connectivity index (χ2v) is 4.80. The first-order chi connectivity index (χ1) is 10.2. The van der Waals surface area contributed by atoms with Crippen molar-refractivity contribution in [3.8, 4) is 5.75 Å². The van der Waals surface area contributed by atoms with E-state index in [1.165, 1.54) is 5.01 Å². The first kappa shape index (κ1) is 13.3. The Morgan fingerprint density at radius 1 is 1.19 bits per heavy atom. The third-order valence-electron chi connectivity index (χ3n) is 3.47. The Morgan fingerprint density at radius 3 is 2.57 bits per heavy atom. The molecule has 0 bridgehead atoms. The summed E-state index contributed by atoms with van der Waals surface area (Å²) in [4.78, 5) is 16.5. The van der Waals surface area contributed by atoms with Gasteiger partial charge in [-0.05, 0) is 43.3 Å². The molecule has 1 unspecified atom stereocenters. The zero-order chi connectivity index (χ0) is 14.8. The molecule has 0 N–H and O–H groups in total. The van der Waals surface area contributed by atoms with E-state index < -0.39 is 0 Å². The highest BCUT2D eigenvalue weighted by atomic mass is 16.5. The molecule has 1 aromatic heterocycles. The molecule has 1 atom stereocenters. The summed E-state index contributed by atoms with van der Waals surface area (Å²) in [5.74, 6) is 0.422. The van der Waals surface area contributed by atoms with Crippen LogP contribution in [0.4, 0.5) is 5.69 Å². The largest absolute Gasteiger partial charge is 0.497 e. The van der Waals surface area contributed by atoms with Gasteiger partial charge in [0, 0.05) is 18.0 Å². The lowest BCUT2D eigenvalue weighted by atomic mass is 10.0. The number of benzene rings is 1. The first-order valence-corrected chi connectivity index (χ1v) is 6.67. The number of rotatable bonds is 3. The minimum atomic E-state index is -0.281. The van der Waals surface area contributed by atoms with E-state index in [0.29, 0.717) is 0 Å². The molecule has 0 aliphatic carbocycles. The number of carbonyl (C=O) groups is 1. The predicted molar refractivity (Wildman–Crippen MR) is 80.4 cm³/mol. The first-order valence-electron chi connectivity index (χ1n) is 6.67. The number of hydrogen-bond donors (Lipinski definition) is 0. The maximum atomic E-state index is 12.4. The number of aromatic nitrogens is 1. The van der Waals surface area contributed by atoms with Crippen molar-refractivity contribution in [2.45, 2.75) is 6.92 Å². The van der Waals surface area contributed by atoms with Gasteiger partial charge in [-0.25, -0.2) is 0 Å². The fourth-order valence-corrected chi connectivity index (χ4v) is 2.27. The van der Waals surface area contributed by atoms with Crippen LogP contribution in [-0.2, 0) is 4.79 Å². The number of pyridine rings is 1. The van der Waals surface area contributed by atoms with E-state index in [4.69, 9.17) is 4.74 Å². The number of anilines is 1.